The van der Waals surface area contributed by atoms with Crippen LogP contribution in [0.15, 0.2) is 31.5 Å². The highest BCUT2D eigenvalue weighted by Gasteiger charge is 2.23. The number of fused-ring (bicyclic) bond motifs is 1. The maximum atomic E-state index is 2.46. The van der Waals surface area contributed by atoms with Gasteiger partial charge in [0.25, 0.3) is 0 Å². The van der Waals surface area contributed by atoms with Crippen LogP contribution in [-0.4, -0.2) is 0 Å². The topological polar surface area (TPSA) is 0 Å². The van der Waals surface area contributed by atoms with Crippen LogP contribution in [-0.2, 0) is 0 Å². The molecule has 0 aromatic carbocycles. The van der Waals surface area contributed by atoms with Crippen LogP contribution in [0.5, 0.6) is 0 Å². The Hall–Kier alpha value is 0.680. The van der Waals surface area contributed by atoms with E-state index in [1.807, 2.05) is 0 Å². The monoisotopic (exact) mass is 384 g/mol. The van der Waals surface area contributed by atoms with Crippen LogP contribution in [0.25, 0.3) is 0 Å². The quantitative estimate of drug-likeness (QED) is 0.549. The third-order valence-electron chi connectivity index (χ3n) is 2.47. The van der Waals surface area contributed by atoms with Crippen LogP contribution in [0.2, 0.25) is 0 Å². The second-order valence-corrected chi connectivity index (χ2v) is 5.96. The lowest BCUT2D eigenvalue weighted by Crippen LogP contribution is -2.16. The molecule has 0 amide bonds. The first kappa shape index (κ1) is 9.24. The minimum atomic E-state index is 0.778. The summed E-state index contributed by atoms with van der Waals surface area (Å²) in [6.07, 6.45) is 11.9. The third-order valence-corrected chi connectivity index (χ3v) is 4.07. The lowest BCUT2D eigenvalue weighted by molar-refractivity contribution is 0.458. The Balaban J connectivity index is 2.20. The van der Waals surface area contributed by atoms with Crippen molar-refractivity contribution in [2.75, 3.05) is 0 Å². The minimum Gasteiger partial charge on any atom is -0.0794 e. The van der Waals surface area contributed by atoms with Gasteiger partial charge in [-0.2, -0.15) is 0 Å². The molecule has 0 saturated carbocycles. The summed E-state index contributed by atoms with van der Waals surface area (Å²) in [5.41, 5.74) is 0. The fourth-order valence-corrected chi connectivity index (χ4v) is 3.21. The molecule has 2 aliphatic carbocycles. The van der Waals surface area contributed by atoms with Crippen LogP contribution in [0.3, 0.4) is 0 Å². The van der Waals surface area contributed by atoms with E-state index in [9.17, 15) is 0 Å². The molecule has 0 aromatic heterocycles. The molecular formula is C10H10I2. The van der Waals surface area contributed by atoms with E-state index in [0.717, 1.165) is 11.8 Å². The van der Waals surface area contributed by atoms with E-state index in [0.29, 0.717) is 0 Å². The maximum absolute atomic E-state index is 2.46. The summed E-state index contributed by atoms with van der Waals surface area (Å²) in [5, 5.41) is 0. The number of hydrogen-bond donors (Lipinski definition) is 0. The summed E-state index contributed by atoms with van der Waals surface area (Å²) in [6.45, 7) is 0. The molecule has 0 saturated heterocycles. The molecule has 0 nitrogen and oxygen atoms in total. The third kappa shape index (κ3) is 1.95. The van der Waals surface area contributed by atoms with Gasteiger partial charge in [-0.05, 0) is 73.4 Å². The number of halogens is 2. The molecule has 0 aliphatic heterocycles. The Morgan fingerprint density at radius 3 is 2.92 bits per heavy atom. The van der Waals surface area contributed by atoms with Gasteiger partial charge in [-0.1, -0.05) is 24.3 Å². The molecule has 2 heteroatoms. The van der Waals surface area contributed by atoms with Gasteiger partial charge in [-0.25, -0.2) is 0 Å². The molecule has 2 aliphatic rings. The molecule has 0 fully saturated rings. The molecule has 0 spiro atoms. The SMILES string of the molecule is IC1=CC2CC=C(I)CC2C=C1. The zero-order valence-corrected chi connectivity index (χ0v) is 10.9. The molecule has 12 heavy (non-hydrogen) atoms. The number of rotatable bonds is 0. The highest BCUT2D eigenvalue weighted by molar-refractivity contribution is 14.1. The van der Waals surface area contributed by atoms with Gasteiger partial charge < -0.3 is 0 Å². The van der Waals surface area contributed by atoms with Crippen LogP contribution in [0, 0.1) is 11.8 Å². The van der Waals surface area contributed by atoms with Crippen molar-refractivity contribution in [1.29, 1.82) is 0 Å². The van der Waals surface area contributed by atoms with E-state index in [1.54, 1.807) is 0 Å². The average Bonchev–Trinajstić information content (AvgIpc) is 2.05. The lowest BCUT2D eigenvalue weighted by Gasteiger charge is -2.27. The second kappa shape index (κ2) is 3.82. The summed E-state index contributed by atoms with van der Waals surface area (Å²) in [5.74, 6) is 1.56. The van der Waals surface area contributed by atoms with Crippen molar-refractivity contribution in [2.24, 2.45) is 11.8 Å². The van der Waals surface area contributed by atoms with Crippen molar-refractivity contribution in [2.45, 2.75) is 12.8 Å². The highest BCUT2D eigenvalue weighted by atomic mass is 127. The summed E-state index contributed by atoms with van der Waals surface area (Å²) >= 11 is 4.86. The first-order valence-corrected chi connectivity index (χ1v) is 6.31. The first-order chi connectivity index (χ1) is 5.75. The zero-order chi connectivity index (χ0) is 8.55. The molecule has 0 aromatic rings. The van der Waals surface area contributed by atoms with Crippen molar-refractivity contribution in [1.82, 2.24) is 0 Å². The Morgan fingerprint density at radius 2 is 2.08 bits per heavy atom. The van der Waals surface area contributed by atoms with Gasteiger partial charge in [0.15, 0.2) is 0 Å². The smallest absolute Gasteiger partial charge is 0.00900 e. The van der Waals surface area contributed by atoms with Gasteiger partial charge in [0.1, 0.15) is 0 Å². The molecule has 2 atom stereocenters. The lowest BCUT2D eigenvalue weighted by atomic mass is 9.80. The normalized spacial score (nSPS) is 33.8. The van der Waals surface area contributed by atoms with Gasteiger partial charge in [0, 0.05) is 3.58 Å². The molecule has 0 bridgehead atoms. The fourth-order valence-electron chi connectivity index (χ4n) is 1.78. The van der Waals surface area contributed by atoms with Crippen molar-refractivity contribution in [3.8, 4) is 0 Å². The molecule has 0 heterocycles. The molecule has 64 valence electrons. The van der Waals surface area contributed by atoms with E-state index < -0.39 is 0 Å². The Morgan fingerprint density at radius 1 is 1.25 bits per heavy atom. The molecule has 0 radical (unpaired) electrons. The Kier molecular flexibility index (Phi) is 2.94. The predicted molar refractivity (Wildman–Crippen MR) is 69.6 cm³/mol. The molecular weight excluding hydrogens is 374 g/mol. The summed E-state index contributed by atoms with van der Waals surface area (Å²) in [4.78, 5) is 0. The predicted octanol–water partition coefficient (Wildman–Crippen LogP) is 4.22. The summed E-state index contributed by atoms with van der Waals surface area (Å²) in [7, 11) is 0. The zero-order valence-electron chi connectivity index (χ0n) is 6.63. The van der Waals surface area contributed by atoms with Gasteiger partial charge in [-0.15, -0.1) is 0 Å². The average molecular weight is 384 g/mol. The van der Waals surface area contributed by atoms with E-state index in [4.69, 9.17) is 0 Å². The molecule has 0 N–H and O–H groups in total. The van der Waals surface area contributed by atoms with Crippen molar-refractivity contribution >= 4 is 45.2 Å². The summed E-state index contributed by atoms with van der Waals surface area (Å²) < 4.78 is 2.93. The van der Waals surface area contributed by atoms with Gasteiger partial charge >= 0.3 is 0 Å². The van der Waals surface area contributed by atoms with Gasteiger partial charge in [-0.3, -0.25) is 0 Å². The second-order valence-electron chi connectivity index (χ2n) is 3.33. The van der Waals surface area contributed by atoms with E-state index in [-0.39, 0.29) is 0 Å². The number of hydrogen-bond acceptors (Lipinski definition) is 0. The fraction of sp³-hybridized carbons (Fsp3) is 0.400. The Labute approximate surface area is 100 Å². The maximum Gasteiger partial charge on any atom is 0.00900 e. The molecule has 2 rings (SSSR count). The van der Waals surface area contributed by atoms with Gasteiger partial charge in [0.2, 0.25) is 0 Å². The van der Waals surface area contributed by atoms with E-state index >= 15 is 0 Å². The molecule has 2 unspecified atom stereocenters. The van der Waals surface area contributed by atoms with Crippen molar-refractivity contribution < 1.29 is 0 Å². The Bertz CT molecular complexity index is 274. The first-order valence-electron chi connectivity index (χ1n) is 4.16. The minimum absolute atomic E-state index is 0.778. The van der Waals surface area contributed by atoms with Crippen LogP contribution < -0.4 is 0 Å². The van der Waals surface area contributed by atoms with Crippen LogP contribution in [0.4, 0.5) is 0 Å². The highest BCUT2D eigenvalue weighted by Crippen LogP contribution is 2.38. The van der Waals surface area contributed by atoms with E-state index in [1.165, 1.54) is 20.0 Å². The van der Waals surface area contributed by atoms with E-state index in [2.05, 4.69) is 69.5 Å². The van der Waals surface area contributed by atoms with Crippen LogP contribution in [0.1, 0.15) is 12.8 Å². The van der Waals surface area contributed by atoms with Gasteiger partial charge in [0.05, 0.1) is 0 Å². The van der Waals surface area contributed by atoms with Crippen molar-refractivity contribution in [3.63, 3.8) is 0 Å². The number of allylic oxidation sites excluding steroid dienone is 6. The standard InChI is InChI=1S/C10H10I2/c11-9-3-1-7-5-10(12)4-2-8(7)6-9/h1,3-4,6-8H,2,5H2. The van der Waals surface area contributed by atoms with Crippen LogP contribution >= 0.6 is 45.2 Å². The largest absolute Gasteiger partial charge is 0.0794 e. The summed E-state index contributed by atoms with van der Waals surface area (Å²) in [6, 6.07) is 0. The van der Waals surface area contributed by atoms with Crippen molar-refractivity contribution in [3.05, 3.63) is 31.5 Å².